The first-order valence-corrected chi connectivity index (χ1v) is 9.27. The van der Waals surface area contributed by atoms with Crippen molar-refractivity contribution in [3.05, 3.63) is 71.9 Å². The summed E-state index contributed by atoms with van der Waals surface area (Å²) in [6, 6.07) is 16.9. The Morgan fingerprint density at radius 2 is 1.71 bits per heavy atom. The minimum absolute atomic E-state index is 0.00571. The summed E-state index contributed by atoms with van der Waals surface area (Å²) in [5.41, 5.74) is 2.51. The van der Waals surface area contributed by atoms with E-state index in [0.717, 1.165) is 22.0 Å². The molecule has 0 spiro atoms. The molecule has 0 aliphatic carbocycles. The molecule has 0 aliphatic heterocycles. The standard InChI is InChI=1S/C16H14BrNO2S/c17-11-15-8-4-7-14-9-10-18(16(14)15)21(19,20)12-13-5-2-1-3-6-13/h1-10H,11-12H2. The predicted octanol–water partition coefficient (Wildman–Crippen LogP) is 3.91. The topological polar surface area (TPSA) is 39.1 Å². The Morgan fingerprint density at radius 1 is 0.952 bits per heavy atom. The van der Waals surface area contributed by atoms with Gasteiger partial charge in [0.05, 0.1) is 11.3 Å². The van der Waals surface area contributed by atoms with Crippen LogP contribution in [0, 0.1) is 0 Å². The Balaban J connectivity index is 2.11. The summed E-state index contributed by atoms with van der Waals surface area (Å²) in [5.74, 6) is -0.00571. The largest absolute Gasteiger partial charge is 0.244 e. The maximum absolute atomic E-state index is 12.7. The van der Waals surface area contributed by atoms with E-state index in [2.05, 4.69) is 15.9 Å². The maximum Gasteiger partial charge on any atom is 0.243 e. The molecule has 0 bridgehead atoms. The summed E-state index contributed by atoms with van der Waals surface area (Å²) < 4.78 is 26.8. The molecule has 3 nitrogen and oxygen atoms in total. The number of rotatable bonds is 4. The second-order valence-corrected chi connectivity index (χ2v) is 7.25. The van der Waals surface area contributed by atoms with E-state index in [1.165, 1.54) is 3.97 Å². The highest BCUT2D eigenvalue weighted by molar-refractivity contribution is 9.08. The first-order chi connectivity index (χ1) is 10.1. The van der Waals surface area contributed by atoms with Gasteiger partial charge in [-0.25, -0.2) is 12.4 Å². The maximum atomic E-state index is 12.7. The normalized spacial score (nSPS) is 11.9. The van der Waals surface area contributed by atoms with Gasteiger partial charge in [-0.1, -0.05) is 64.5 Å². The van der Waals surface area contributed by atoms with Crippen molar-refractivity contribution in [1.82, 2.24) is 3.97 Å². The third-order valence-electron chi connectivity index (χ3n) is 3.40. The average Bonchev–Trinajstić information content (AvgIpc) is 2.92. The molecule has 0 unspecified atom stereocenters. The van der Waals surface area contributed by atoms with Gasteiger partial charge in [-0.15, -0.1) is 0 Å². The highest BCUT2D eigenvalue weighted by atomic mass is 79.9. The van der Waals surface area contributed by atoms with Gasteiger partial charge in [-0.05, 0) is 17.2 Å². The summed E-state index contributed by atoms with van der Waals surface area (Å²) in [7, 11) is -3.43. The second-order valence-electron chi connectivity index (χ2n) is 4.84. The van der Waals surface area contributed by atoms with Gasteiger partial charge in [0.25, 0.3) is 0 Å². The number of para-hydroxylation sites is 1. The average molecular weight is 364 g/mol. The van der Waals surface area contributed by atoms with Gasteiger partial charge in [0.1, 0.15) is 0 Å². The van der Waals surface area contributed by atoms with Crippen molar-refractivity contribution in [3.63, 3.8) is 0 Å². The molecule has 0 amide bonds. The lowest BCUT2D eigenvalue weighted by Gasteiger charge is -2.10. The number of hydrogen-bond acceptors (Lipinski definition) is 2. The van der Waals surface area contributed by atoms with Crippen molar-refractivity contribution >= 4 is 36.9 Å². The molecule has 0 saturated carbocycles. The van der Waals surface area contributed by atoms with Gasteiger partial charge in [0, 0.05) is 16.9 Å². The molecule has 0 saturated heterocycles. The van der Waals surface area contributed by atoms with E-state index in [1.807, 2.05) is 54.6 Å². The number of alkyl halides is 1. The smallest absolute Gasteiger partial charge is 0.243 e. The fourth-order valence-corrected chi connectivity index (χ4v) is 4.38. The number of hydrogen-bond donors (Lipinski definition) is 0. The van der Waals surface area contributed by atoms with Crippen LogP contribution in [0.25, 0.3) is 10.9 Å². The number of benzene rings is 2. The van der Waals surface area contributed by atoms with Crippen LogP contribution < -0.4 is 0 Å². The van der Waals surface area contributed by atoms with Crippen LogP contribution in [0.15, 0.2) is 60.8 Å². The number of fused-ring (bicyclic) bond motifs is 1. The van der Waals surface area contributed by atoms with E-state index in [4.69, 9.17) is 0 Å². The van der Waals surface area contributed by atoms with Crippen LogP contribution in [0.1, 0.15) is 11.1 Å². The summed E-state index contributed by atoms with van der Waals surface area (Å²) in [5, 5.41) is 1.55. The molecular weight excluding hydrogens is 350 g/mol. The summed E-state index contributed by atoms with van der Waals surface area (Å²) in [4.78, 5) is 0. The quantitative estimate of drug-likeness (QED) is 0.659. The summed E-state index contributed by atoms with van der Waals surface area (Å²) in [6.45, 7) is 0. The number of nitrogens with zero attached hydrogens (tertiary/aromatic N) is 1. The Bertz CT molecular complexity index is 870. The van der Waals surface area contributed by atoms with Crippen LogP contribution in [0.4, 0.5) is 0 Å². The van der Waals surface area contributed by atoms with Crippen molar-refractivity contribution in [3.8, 4) is 0 Å². The Labute approximate surface area is 132 Å². The number of halogens is 1. The highest BCUT2D eigenvalue weighted by Gasteiger charge is 2.18. The molecule has 1 heterocycles. The molecule has 21 heavy (non-hydrogen) atoms. The molecule has 3 aromatic rings. The molecule has 0 radical (unpaired) electrons. The zero-order chi connectivity index (χ0) is 14.9. The van der Waals surface area contributed by atoms with E-state index in [-0.39, 0.29) is 5.75 Å². The van der Waals surface area contributed by atoms with Crippen LogP contribution in [0.5, 0.6) is 0 Å². The van der Waals surface area contributed by atoms with Gasteiger partial charge >= 0.3 is 0 Å². The lowest BCUT2D eigenvalue weighted by molar-refractivity contribution is 0.588. The molecular formula is C16H14BrNO2S. The summed E-state index contributed by atoms with van der Waals surface area (Å²) >= 11 is 3.42. The van der Waals surface area contributed by atoms with Gasteiger partial charge in [0.2, 0.25) is 10.0 Å². The van der Waals surface area contributed by atoms with Gasteiger partial charge in [-0.2, -0.15) is 0 Å². The third kappa shape index (κ3) is 2.76. The Kier molecular flexibility index (Phi) is 3.87. The van der Waals surface area contributed by atoms with Gasteiger partial charge in [0.15, 0.2) is 0 Å². The first-order valence-electron chi connectivity index (χ1n) is 6.54. The molecule has 0 fully saturated rings. The van der Waals surface area contributed by atoms with Crippen molar-refractivity contribution in [2.75, 3.05) is 0 Å². The fraction of sp³-hybridized carbons (Fsp3) is 0.125. The monoisotopic (exact) mass is 363 g/mol. The SMILES string of the molecule is O=S(=O)(Cc1ccccc1)n1ccc2cccc(CBr)c21. The lowest BCUT2D eigenvalue weighted by atomic mass is 10.2. The third-order valence-corrected chi connectivity index (χ3v) is 5.60. The molecule has 5 heteroatoms. The van der Waals surface area contributed by atoms with E-state index in [0.29, 0.717) is 5.33 Å². The molecule has 0 aliphatic rings. The van der Waals surface area contributed by atoms with Crippen LogP contribution in [-0.4, -0.2) is 12.4 Å². The predicted molar refractivity (Wildman–Crippen MR) is 89.0 cm³/mol. The molecule has 1 aromatic heterocycles. The van der Waals surface area contributed by atoms with Crippen LogP contribution in [0.2, 0.25) is 0 Å². The van der Waals surface area contributed by atoms with Crippen molar-refractivity contribution in [1.29, 1.82) is 0 Å². The molecule has 0 N–H and O–H groups in total. The fourth-order valence-electron chi connectivity index (χ4n) is 2.43. The number of aromatic nitrogens is 1. The Hall–Kier alpha value is -1.59. The second kappa shape index (κ2) is 5.66. The van der Waals surface area contributed by atoms with E-state index in [1.54, 1.807) is 6.20 Å². The molecule has 2 aromatic carbocycles. The van der Waals surface area contributed by atoms with E-state index < -0.39 is 10.0 Å². The van der Waals surface area contributed by atoms with Gasteiger partial charge < -0.3 is 0 Å². The zero-order valence-corrected chi connectivity index (χ0v) is 13.6. The van der Waals surface area contributed by atoms with Crippen LogP contribution in [-0.2, 0) is 21.1 Å². The van der Waals surface area contributed by atoms with Crippen LogP contribution >= 0.6 is 15.9 Å². The van der Waals surface area contributed by atoms with E-state index >= 15 is 0 Å². The first kappa shape index (κ1) is 14.4. The molecule has 108 valence electrons. The molecule has 0 atom stereocenters. The highest BCUT2D eigenvalue weighted by Crippen LogP contribution is 2.25. The van der Waals surface area contributed by atoms with Crippen molar-refractivity contribution in [2.45, 2.75) is 11.1 Å². The molecule has 3 rings (SSSR count). The minimum atomic E-state index is -3.43. The Morgan fingerprint density at radius 3 is 2.43 bits per heavy atom. The van der Waals surface area contributed by atoms with Crippen molar-refractivity contribution in [2.24, 2.45) is 0 Å². The zero-order valence-electron chi connectivity index (χ0n) is 11.2. The van der Waals surface area contributed by atoms with E-state index in [9.17, 15) is 8.42 Å². The summed E-state index contributed by atoms with van der Waals surface area (Å²) in [6.07, 6.45) is 1.63. The minimum Gasteiger partial charge on any atom is -0.244 e. The van der Waals surface area contributed by atoms with Crippen LogP contribution in [0.3, 0.4) is 0 Å². The van der Waals surface area contributed by atoms with Crippen molar-refractivity contribution < 1.29 is 8.42 Å². The lowest BCUT2D eigenvalue weighted by Crippen LogP contribution is -2.14. The van der Waals surface area contributed by atoms with Gasteiger partial charge in [-0.3, -0.25) is 0 Å².